The summed E-state index contributed by atoms with van der Waals surface area (Å²) in [6, 6.07) is -1.43. The molecule has 0 aliphatic carbocycles. The highest BCUT2D eigenvalue weighted by Gasteiger charge is 2.27. The van der Waals surface area contributed by atoms with Gasteiger partial charge < -0.3 is 5.11 Å². The van der Waals surface area contributed by atoms with Crippen molar-refractivity contribution < 1.29 is 14.8 Å². The summed E-state index contributed by atoms with van der Waals surface area (Å²) in [6.07, 6.45) is 21.2. The minimum Gasteiger partial charge on any atom is -0.476 e. The highest BCUT2D eigenvalue weighted by atomic mass is 16.6. The maximum atomic E-state index is 10.7. The van der Waals surface area contributed by atoms with Gasteiger partial charge in [-0.25, -0.2) is 4.79 Å². The van der Waals surface area contributed by atoms with Gasteiger partial charge in [-0.05, 0) is 32.1 Å². The summed E-state index contributed by atoms with van der Waals surface area (Å²) in [5, 5.41) is 19.3. The quantitative estimate of drug-likeness (QED) is 0.138. The zero-order chi connectivity index (χ0) is 18.8. The Bertz CT molecular complexity index is 355. The third-order valence-electron chi connectivity index (χ3n) is 4.53. The van der Waals surface area contributed by atoms with Gasteiger partial charge in [0, 0.05) is 11.3 Å². The number of carboxylic acids is 1. The number of carbonyl (C=O) groups is 1. The minimum absolute atomic E-state index is 0.142. The van der Waals surface area contributed by atoms with E-state index in [9.17, 15) is 14.9 Å². The number of allylic oxidation sites excluding steroid dienone is 2. The van der Waals surface area contributed by atoms with Gasteiger partial charge in [0.05, 0.1) is 0 Å². The molecule has 146 valence electrons. The van der Waals surface area contributed by atoms with Crippen molar-refractivity contribution in [3.05, 3.63) is 22.3 Å². The second kappa shape index (κ2) is 17.4. The molecule has 0 aromatic rings. The van der Waals surface area contributed by atoms with Crippen LogP contribution in [-0.2, 0) is 4.79 Å². The van der Waals surface area contributed by atoms with E-state index in [1.807, 2.05) is 0 Å². The van der Waals surface area contributed by atoms with Crippen LogP contribution in [0.25, 0.3) is 0 Å². The average Bonchev–Trinajstić information content (AvgIpc) is 2.57. The van der Waals surface area contributed by atoms with Crippen molar-refractivity contribution in [2.75, 3.05) is 0 Å². The maximum Gasteiger partial charge on any atom is 0.379 e. The molecule has 1 N–H and O–H groups in total. The van der Waals surface area contributed by atoms with Crippen LogP contribution in [-0.4, -0.2) is 22.0 Å². The Morgan fingerprint density at radius 1 is 0.880 bits per heavy atom. The van der Waals surface area contributed by atoms with Gasteiger partial charge in [-0.2, -0.15) is 0 Å². The van der Waals surface area contributed by atoms with Crippen molar-refractivity contribution in [1.82, 2.24) is 0 Å². The van der Waals surface area contributed by atoms with Crippen LogP contribution in [0.15, 0.2) is 12.2 Å². The maximum absolute atomic E-state index is 10.7. The van der Waals surface area contributed by atoms with Crippen molar-refractivity contribution in [1.29, 1.82) is 0 Å². The van der Waals surface area contributed by atoms with E-state index in [2.05, 4.69) is 19.1 Å². The van der Waals surface area contributed by atoms with Crippen LogP contribution in [0.2, 0.25) is 0 Å². The molecule has 1 unspecified atom stereocenters. The summed E-state index contributed by atoms with van der Waals surface area (Å²) in [4.78, 5) is 20.5. The molecule has 0 bridgehead atoms. The molecule has 0 aliphatic rings. The summed E-state index contributed by atoms with van der Waals surface area (Å²) < 4.78 is 0. The first-order chi connectivity index (χ1) is 12.1. The minimum atomic E-state index is -1.43. The Kier molecular flexibility index (Phi) is 16.5. The number of unbranched alkanes of at least 4 members (excludes halogenated alkanes) is 12. The number of rotatable bonds is 18. The van der Waals surface area contributed by atoms with Gasteiger partial charge in [-0.1, -0.05) is 76.9 Å². The van der Waals surface area contributed by atoms with E-state index >= 15 is 0 Å². The van der Waals surface area contributed by atoms with Crippen LogP contribution < -0.4 is 0 Å². The molecule has 1 atom stereocenters. The third-order valence-corrected chi connectivity index (χ3v) is 4.53. The van der Waals surface area contributed by atoms with Crippen LogP contribution in [0.5, 0.6) is 0 Å². The van der Waals surface area contributed by atoms with Crippen LogP contribution in [0, 0.1) is 10.1 Å². The fourth-order valence-electron chi connectivity index (χ4n) is 2.90. The Hall–Kier alpha value is -1.39. The van der Waals surface area contributed by atoms with Gasteiger partial charge in [-0.3, -0.25) is 10.1 Å². The Labute approximate surface area is 153 Å². The van der Waals surface area contributed by atoms with Crippen LogP contribution in [0.1, 0.15) is 103 Å². The molecule has 0 aromatic heterocycles. The molecule has 0 rings (SSSR count). The first kappa shape index (κ1) is 23.6. The number of nitro groups is 1. The molecule has 0 amide bonds. The van der Waals surface area contributed by atoms with Gasteiger partial charge in [0.1, 0.15) is 0 Å². The van der Waals surface area contributed by atoms with Crippen molar-refractivity contribution >= 4 is 5.97 Å². The molecular weight excluding hydrogens is 318 g/mol. The van der Waals surface area contributed by atoms with Crippen LogP contribution in [0.3, 0.4) is 0 Å². The highest BCUT2D eigenvalue weighted by molar-refractivity contribution is 5.71. The summed E-state index contributed by atoms with van der Waals surface area (Å²) in [5.41, 5.74) is 0. The lowest BCUT2D eigenvalue weighted by Crippen LogP contribution is -2.28. The first-order valence-corrected chi connectivity index (χ1v) is 10.1. The summed E-state index contributed by atoms with van der Waals surface area (Å²) in [6.45, 7) is 2.24. The topological polar surface area (TPSA) is 80.4 Å². The lowest BCUT2D eigenvalue weighted by molar-refractivity contribution is -0.511. The predicted molar refractivity (Wildman–Crippen MR) is 102 cm³/mol. The smallest absolute Gasteiger partial charge is 0.379 e. The molecule has 25 heavy (non-hydrogen) atoms. The monoisotopic (exact) mass is 355 g/mol. The standard InChI is InChI=1S/C20H37NO4/c1-2-3-4-5-6-7-8-9-10-11-12-13-14-15-16-17-18-19(20(22)23)21(24)25/h9-10,19H,2-8,11-18H2,1H3,(H,22,23)/b10-9-. The Morgan fingerprint density at radius 3 is 1.76 bits per heavy atom. The van der Waals surface area contributed by atoms with Crippen LogP contribution in [0.4, 0.5) is 0 Å². The van der Waals surface area contributed by atoms with Gasteiger partial charge in [0.25, 0.3) is 0 Å². The van der Waals surface area contributed by atoms with E-state index in [0.29, 0.717) is 6.42 Å². The predicted octanol–water partition coefficient (Wildman–Crippen LogP) is 6.14. The summed E-state index contributed by atoms with van der Waals surface area (Å²) in [7, 11) is 0. The highest BCUT2D eigenvalue weighted by Crippen LogP contribution is 2.12. The van der Waals surface area contributed by atoms with Gasteiger partial charge in [-0.15, -0.1) is 0 Å². The Balaban J connectivity index is 3.32. The number of hydrogen-bond donors (Lipinski definition) is 1. The van der Waals surface area contributed by atoms with E-state index in [0.717, 1.165) is 25.7 Å². The van der Waals surface area contributed by atoms with Crippen molar-refractivity contribution in [2.24, 2.45) is 0 Å². The number of hydrogen-bond acceptors (Lipinski definition) is 3. The van der Waals surface area contributed by atoms with Gasteiger partial charge in [0.2, 0.25) is 0 Å². The molecule has 0 radical (unpaired) electrons. The lowest BCUT2D eigenvalue weighted by Gasteiger charge is -2.04. The first-order valence-electron chi connectivity index (χ1n) is 10.1. The largest absolute Gasteiger partial charge is 0.476 e. The molecule has 0 heterocycles. The number of nitrogens with zero attached hydrogens (tertiary/aromatic N) is 1. The lowest BCUT2D eigenvalue weighted by atomic mass is 10.0. The second-order valence-electron chi connectivity index (χ2n) is 6.87. The molecule has 0 aromatic carbocycles. The van der Waals surface area contributed by atoms with Gasteiger partial charge >= 0.3 is 12.0 Å². The molecule has 0 saturated heterocycles. The molecule has 0 spiro atoms. The molecule has 0 saturated carbocycles. The van der Waals surface area contributed by atoms with E-state index in [1.54, 1.807) is 0 Å². The van der Waals surface area contributed by atoms with E-state index in [-0.39, 0.29) is 6.42 Å². The fourth-order valence-corrected chi connectivity index (χ4v) is 2.90. The van der Waals surface area contributed by atoms with E-state index < -0.39 is 16.9 Å². The molecular formula is C20H37NO4. The van der Waals surface area contributed by atoms with E-state index in [1.165, 1.54) is 57.8 Å². The van der Waals surface area contributed by atoms with Crippen LogP contribution >= 0.6 is 0 Å². The van der Waals surface area contributed by atoms with Crippen molar-refractivity contribution in [3.63, 3.8) is 0 Å². The van der Waals surface area contributed by atoms with Crippen molar-refractivity contribution in [3.8, 4) is 0 Å². The average molecular weight is 356 g/mol. The second-order valence-corrected chi connectivity index (χ2v) is 6.87. The normalized spacial score (nSPS) is 12.5. The summed E-state index contributed by atoms with van der Waals surface area (Å²) >= 11 is 0. The third kappa shape index (κ3) is 15.9. The van der Waals surface area contributed by atoms with E-state index in [4.69, 9.17) is 5.11 Å². The number of aliphatic carboxylic acids is 1. The fraction of sp³-hybridized carbons (Fsp3) is 0.850. The zero-order valence-corrected chi connectivity index (χ0v) is 16.0. The summed E-state index contributed by atoms with van der Waals surface area (Å²) in [5.74, 6) is -1.32. The SMILES string of the molecule is CCCCCCCC/C=C\CCCCCCCCC(C(=O)O)[N+](=O)[O-]. The van der Waals surface area contributed by atoms with Gasteiger partial charge in [0.15, 0.2) is 0 Å². The van der Waals surface area contributed by atoms with Crippen molar-refractivity contribution in [2.45, 2.75) is 109 Å². The molecule has 5 nitrogen and oxygen atoms in total. The molecule has 0 aliphatic heterocycles. The zero-order valence-electron chi connectivity index (χ0n) is 16.0. The molecule has 0 fully saturated rings. The number of carboxylic acid groups (broad SMARTS) is 1. The molecule has 5 heteroatoms. The Morgan fingerprint density at radius 2 is 1.32 bits per heavy atom.